The Morgan fingerprint density at radius 1 is 1.50 bits per heavy atom. The Hall–Kier alpha value is -1.43. The third-order valence-electron chi connectivity index (χ3n) is 2.74. The van der Waals surface area contributed by atoms with E-state index in [9.17, 15) is 4.79 Å². The zero-order valence-electron chi connectivity index (χ0n) is 11.2. The Bertz CT molecular complexity index is 378. The molecule has 0 saturated carbocycles. The number of carboxylic acids is 1. The van der Waals surface area contributed by atoms with Gasteiger partial charge in [0.2, 0.25) is 5.89 Å². The maximum absolute atomic E-state index is 10.8. The van der Waals surface area contributed by atoms with Gasteiger partial charge in [-0.1, -0.05) is 25.9 Å². The van der Waals surface area contributed by atoms with Crippen LogP contribution in [0, 0.1) is 5.92 Å². The first-order chi connectivity index (χ1) is 8.56. The molecule has 0 spiro atoms. The molecule has 1 N–H and O–H groups in total. The largest absolute Gasteiger partial charge is 0.481 e. The van der Waals surface area contributed by atoms with Crippen molar-refractivity contribution in [2.75, 3.05) is 13.1 Å². The minimum Gasteiger partial charge on any atom is -0.481 e. The second kappa shape index (κ2) is 7.10. The summed E-state index contributed by atoms with van der Waals surface area (Å²) >= 11 is 0. The summed E-state index contributed by atoms with van der Waals surface area (Å²) in [5.41, 5.74) is 0. The van der Waals surface area contributed by atoms with Crippen LogP contribution in [0.2, 0.25) is 0 Å². The van der Waals surface area contributed by atoms with Crippen molar-refractivity contribution in [3.63, 3.8) is 0 Å². The topological polar surface area (TPSA) is 79.5 Å². The molecule has 6 nitrogen and oxygen atoms in total. The molecule has 1 aromatic heterocycles. The number of carboxylic acid groups (broad SMARTS) is 1. The lowest BCUT2D eigenvalue weighted by molar-refractivity contribution is -0.141. The van der Waals surface area contributed by atoms with Gasteiger partial charge in [-0.2, -0.15) is 4.98 Å². The number of carbonyl (C=O) groups is 1. The molecule has 0 aliphatic rings. The molecular formula is C12H21N3O3. The quantitative estimate of drug-likeness (QED) is 0.759. The normalized spacial score (nSPS) is 12.9. The van der Waals surface area contributed by atoms with E-state index >= 15 is 0 Å². The summed E-state index contributed by atoms with van der Waals surface area (Å²) in [5.74, 6) is 0.0907. The molecule has 1 atom stereocenters. The van der Waals surface area contributed by atoms with E-state index in [4.69, 9.17) is 9.63 Å². The highest BCUT2D eigenvalue weighted by Gasteiger charge is 2.17. The molecule has 0 fully saturated rings. The van der Waals surface area contributed by atoms with Crippen LogP contribution in [0.25, 0.3) is 0 Å². The first-order valence-electron chi connectivity index (χ1n) is 6.33. The average Bonchev–Trinajstić information content (AvgIpc) is 2.76. The van der Waals surface area contributed by atoms with Crippen LogP contribution in [0.1, 0.15) is 38.9 Å². The predicted octanol–water partition coefficient (Wildman–Crippen LogP) is 1.56. The summed E-state index contributed by atoms with van der Waals surface area (Å²) in [4.78, 5) is 17.1. The second-order valence-electron chi connectivity index (χ2n) is 4.42. The van der Waals surface area contributed by atoms with Gasteiger partial charge in [-0.3, -0.25) is 9.69 Å². The summed E-state index contributed by atoms with van der Waals surface area (Å²) in [5, 5.41) is 12.8. The van der Waals surface area contributed by atoms with Gasteiger partial charge in [0.25, 0.3) is 0 Å². The Morgan fingerprint density at radius 2 is 2.22 bits per heavy atom. The fraction of sp³-hybridized carbons (Fsp3) is 0.750. The Balaban J connectivity index is 2.53. The first kappa shape index (κ1) is 14.6. The molecule has 102 valence electrons. The van der Waals surface area contributed by atoms with E-state index in [2.05, 4.69) is 17.1 Å². The third-order valence-corrected chi connectivity index (χ3v) is 2.74. The monoisotopic (exact) mass is 255 g/mol. The molecule has 1 unspecified atom stereocenters. The SMILES string of the molecule is CCCc1nc(CN(CC)CC(C)C(=O)O)no1. The summed E-state index contributed by atoms with van der Waals surface area (Å²) in [6.07, 6.45) is 1.75. The van der Waals surface area contributed by atoms with Crippen molar-refractivity contribution in [1.82, 2.24) is 15.0 Å². The van der Waals surface area contributed by atoms with E-state index in [1.165, 1.54) is 0 Å². The molecule has 0 amide bonds. The lowest BCUT2D eigenvalue weighted by Crippen LogP contribution is -2.31. The standard InChI is InChI=1S/C12H21N3O3/c1-4-6-11-13-10(14-18-11)8-15(5-2)7-9(3)12(16)17/h9H,4-8H2,1-3H3,(H,16,17). The number of aromatic nitrogens is 2. The van der Waals surface area contributed by atoms with Crippen molar-refractivity contribution >= 4 is 5.97 Å². The average molecular weight is 255 g/mol. The van der Waals surface area contributed by atoms with Crippen molar-refractivity contribution < 1.29 is 14.4 Å². The highest BCUT2D eigenvalue weighted by molar-refractivity contribution is 5.69. The van der Waals surface area contributed by atoms with Crippen LogP contribution < -0.4 is 0 Å². The van der Waals surface area contributed by atoms with Crippen molar-refractivity contribution in [2.24, 2.45) is 5.92 Å². The van der Waals surface area contributed by atoms with Crippen LogP contribution in [-0.2, 0) is 17.8 Å². The number of rotatable bonds is 8. The fourth-order valence-corrected chi connectivity index (χ4v) is 1.64. The highest BCUT2D eigenvalue weighted by Crippen LogP contribution is 2.06. The van der Waals surface area contributed by atoms with Crippen LogP contribution in [0.15, 0.2) is 4.52 Å². The molecule has 1 rings (SSSR count). The Labute approximate surface area is 107 Å². The summed E-state index contributed by atoms with van der Waals surface area (Å²) in [6.45, 7) is 7.52. The van der Waals surface area contributed by atoms with Gasteiger partial charge in [-0.05, 0) is 13.0 Å². The van der Waals surface area contributed by atoms with Gasteiger partial charge in [-0.25, -0.2) is 0 Å². The summed E-state index contributed by atoms with van der Waals surface area (Å²) in [6, 6.07) is 0. The lowest BCUT2D eigenvalue weighted by Gasteiger charge is -2.20. The smallest absolute Gasteiger partial charge is 0.307 e. The minimum atomic E-state index is -0.784. The number of aliphatic carboxylic acids is 1. The van der Waals surface area contributed by atoms with Crippen LogP contribution in [0.3, 0.4) is 0 Å². The molecule has 0 aliphatic carbocycles. The van der Waals surface area contributed by atoms with E-state index in [1.54, 1.807) is 6.92 Å². The van der Waals surface area contributed by atoms with Crippen LogP contribution in [0.4, 0.5) is 0 Å². The zero-order valence-corrected chi connectivity index (χ0v) is 11.2. The number of aryl methyl sites for hydroxylation is 1. The minimum absolute atomic E-state index is 0.396. The molecule has 0 radical (unpaired) electrons. The van der Waals surface area contributed by atoms with E-state index < -0.39 is 11.9 Å². The number of nitrogens with zero attached hydrogens (tertiary/aromatic N) is 3. The Kier molecular flexibility index (Phi) is 5.77. The maximum Gasteiger partial charge on any atom is 0.307 e. The van der Waals surface area contributed by atoms with Gasteiger partial charge in [0.05, 0.1) is 12.5 Å². The highest BCUT2D eigenvalue weighted by atomic mass is 16.5. The molecule has 0 aliphatic heterocycles. The van der Waals surface area contributed by atoms with Crippen LogP contribution in [-0.4, -0.2) is 39.2 Å². The molecule has 0 saturated heterocycles. The van der Waals surface area contributed by atoms with Gasteiger partial charge < -0.3 is 9.63 Å². The maximum atomic E-state index is 10.8. The third kappa shape index (κ3) is 4.44. The number of hydrogen-bond acceptors (Lipinski definition) is 5. The van der Waals surface area contributed by atoms with Crippen molar-refractivity contribution in [3.05, 3.63) is 11.7 Å². The molecule has 0 bridgehead atoms. The molecule has 1 heterocycles. The van der Waals surface area contributed by atoms with Gasteiger partial charge in [0.15, 0.2) is 5.82 Å². The summed E-state index contributed by atoms with van der Waals surface area (Å²) < 4.78 is 5.10. The molecule has 1 aromatic rings. The summed E-state index contributed by atoms with van der Waals surface area (Å²) in [7, 11) is 0. The lowest BCUT2D eigenvalue weighted by atomic mass is 10.1. The van der Waals surface area contributed by atoms with E-state index in [-0.39, 0.29) is 0 Å². The van der Waals surface area contributed by atoms with Gasteiger partial charge in [0.1, 0.15) is 0 Å². The molecular weight excluding hydrogens is 234 g/mol. The van der Waals surface area contributed by atoms with Gasteiger partial charge in [-0.15, -0.1) is 0 Å². The van der Waals surface area contributed by atoms with Crippen LogP contribution in [0.5, 0.6) is 0 Å². The van der Waals surface area contributed by atoms with Gasteiger partial charge >= 0.3 is 5.97 Å². The first-order valence-corrected chi connectivity index (χ1v) is 6.33. The second-order valence-corrected chi connectivity index (χ2v) is 4.42. The van der Waals surface area contributed by atoms with E-state index in [0.717, 1.165) is 19.4 Å². The fourth-order valence-electron chi connectivity index (χ4n) is 1.64. The molecule has 6 heteroatoms. The van der Waals surface area contributed by atoms with E-state index in [0.29, 0.717) is 24.8 Å². The zero-order chi connectivity index (χ0) is 13.5. The van der Waals surface area contributed by atoms with Crippen LogP contribution >= 0.6 is 0 Å². The van der Waals surface area contributed by atoms with Crippen molar-refractivity contribution in [2.45, 2.75) is 40.2 Å². The number of hydrogen-bond donors (Lipinski definition) is 1. The van der Waals surface area contributed by atoms with Crippen molar-refractivity contribution in [3.8, 4) is 0 Å². The van der Waals surface area contributed by atoms with Crippen molar-refractivity contribution in [1.29, 1.82) is 0 Å². The van der Waals surface area contributed by atoms with Gasteiger partial charge in [0, 0.05) is 13.0 Å². The Morgan fingerprint density at radius 3 is 2.78 bits per heavy atom. The van der Waals surface area contributed by atoms with E-state index in [1.807, 2.05) is 11.8 Å². The predicted molar refractivity (Wildman–Crippen MR) is 66.0 cm³/mol. The molecule has 0 aromatic carbocycles. The molecule has 18 heavy (non-hydrogen) atoms.